The Morgan fingerprint density at radius 3 is 2.50 bits per heavy atom. The largest absolute Gasteiger partial charge is 0.465 e. The van der Waals surface area contributed by atoms with E-state index in [2.05, 4.69) is 4.57 Å². The highest BCUT2D eigenvalue weighted by Gasteiger charge is 2.30. The van der Waals surface area contributed by atoms with Crippen LogP contribution < -0.4 is 10.3 Å². The lowest BCUT2D eigenvalue weighted by molar-refractivity contribution is 0.0601. The second-order valence-electron chi connectivity index (χ2n) is 6.99. The molecule has 0 bridgehead atoms. The van der Waals surface area contributed by atoms with E-state index in [4.69, 9.17) is 9.47 Å². The van der Waals surface area contributed by atoms with Crippen LogP contribution in [-0.2, 0) is 11.8 Å². The van der Waals surface area contributed by atoms with Crippen LogP contribution in [0.25, 0.3) is 10.9 Å². The summed E-state index contributed by atoms with van der Waals surface area (Å²) in [4.78, 5) is 36.5. The fourth-order valence-corrected chi connectivity index (χ4v) is 3.49. The number of methoxy groups -OCH3 is 1. The Hall–Kier alpha value is -3.35. The maximum atomic E-state index is 12.4. The number of esters is 2. The number of pyridine rings is 1. The molecule has 0 aliphatic heterocycles. The summed E-state index contributed by atoms with van der Waals surface area (Å²) in [7, 11) is 2.95. The first-order chi connectivity index (χ1) is 13.4. The second kappa shape index (κ2) is 6.67. The Bertz CT molecular complexity index is 1170. The molecule has 28 heavy (non-hydrogen) atoms. The number of aryl methyl sites for hydroxylation is 1. The number of rotatable bonds is 4. The second-order valence-corrected chi connectivity index (χ2v) is 6.99. The molecule has 4 rings (SSSR count). The third-order valence-electron chi connectivity index (χ3n) is 5.07. The van der Waals surface area contributed by atoms with Crippen molar-refractivity contribution >= 4 is 22.8 Å². The molecule has 1 aliphatic carbocycles. The molecular formula is C21H20N2O5. The molecule has 2 heterocycles. The molecular weight excluding hydrogens is 360 g/mol. The molecule has 0 spiro atoms. The fourth-order valence-electron chi connectivity index (χ4n) is 3.49. The van der Waals surface area contributed by atoms with Gasteiger partial charge in [-0.2, -0.15) is 0 Å². The third-order valence-corrected chi connectivity index (χ3v) is 5.07. The molecule has 3 aromatic rings. The van der Waals surface area contributed by atoms with Crippen LogP contribution in [0.3, 0.4) is 0 Å². The minimum atomic E-state index is -0.630. The van der Waals surface area contributed by atoms with Gasteiger partial charge in [0.25, 0.3) is 5.56 Å². The molecule has 0 atom stereocenters. The standard InChI is InChI=1S/C21H20N2O5/c1-12-19(21(26)27-3)16-11-15(6-7-17(16)23(12)14-4-5-14)28-20(25)13-8-9-22(2)18(24)10-13/h6-11,14H,4-5H2,1-3H3. The number of carbonyl (C=O) groups is 2. The predicted octanol–water partition coefficient (Wildman–Crippen LogP) is 2.99. The van der Waals surface area contributed by atoms with E-state index in [9.17, 15) is 14.4 Å². The number of aromatic nitrogens is 2. The van der Waals surface area contributed by atoms with Gasteiger partial charge >= 0.3 is 11.9 Å². The zero-order valence-electron chi connectivity index (χ0n) is 15.9. The van der Waals surface area contributed by atoms with Crippen molar-refractivity contribution in [1.82, 2.24) is 9.13 Å². The van der Waals surface area contributed by atoms with E-state index in [-0.39, 0.29) is 11.1 Å². The molecule has 1 fully saturated rings. The first-order valence-electron chi connectivity index (χ1n) is 9.02. The summed E-state index contributed by atoms with van der Waals surface area (Å²) in [6.45, 7) is 1.90. The first kappa shape index (κ1) is 18.0. The Morgan fingerprint density at radius 2 is 1.86 bits per heavy atom. The average Bonchev–Trinajstić information content (AvgIpc) is 3.46. The van der Waals surface area contributed by atoms with Crippen LogP contribution >= 0.6 is 0 Å². The van der Waals surface area contributed by atoms with Gasteiger partial charge in [-0.3, -0.25) is 4.79 Å². The highest BCUT2D eigenvalue weighted by molar-refractivity contribution is 6.06. The monoisotopic (exact) mass is 380 g/mol. The van der Waals surface area contributed by atoms with Crippen molar-refractivity contribution < 1.29 is 19.1 Å². The van der Waals surface area contributed by atoms with Crippen LogP contribution in [0, 0.1) is 6.92 Å². The zero-order valence-corrected chi connectivity index (χ0v) is 15.9. The number of carbonyl (C=O) groups excluding carboxylic acids is 2. The summed E-state index contributed by atoms with van der Waals surface area (Å²) in [6.07, 6.45) is 3.66. The minimum absolute atomic E-state index is 0.170. The van der Waals surface area contributed by atoms with Gasteiger partial charge < -0.3 is 18.6 Å². The molecule has 0 saturated heterocycles. The van der Waals surface area contributed by atoms with Crippen molar-refractivity contribution in [3.05, 3.63) is 63.7 Å². The number of hydrogen-bond donors (Lipinski definition) is 0. The summed E-state index contributed by atoms with van der Waals surface area (Å²) in [6, 6.07) is 8.35. The van der Waals surface area contributed by atoms with Gasteiger partial charge in [0.2, 0.25) is 0 Å². The molecule has 0 N–H and O–H groups in total. The molecule has 144 valence electrons. The molecule has 7 heteroatoms. The smallest absolute Gasteiger partial charge is 0.343 e. The quantitative estimate of drug-likeness (QED) is 0.514. The van der Waals surface area contributed by atoms with Gasteiger partial charge in [-0.1, -0.05) is 0 Å². The van der Waals surface area contributed by atoms with Crippen molar-refractivity contribution in [1.29, 1.82) is 0 Å². The number of ether oxygens (including phenoxy) is 2. The lowest BCUT2D eigenvalue weighted by atomic mass is 10.1. The summed E-state index contributed by atoms with van der Waals surface area (Å²) in [5, 5.41) is 0.686. The van der Waals surface area contributed by atoms with E-state index in [0.29, 0.717) is 22.7 Å². The molecule has 1 aliphatic rings. The van der Waals surface area contributed by atoms with E-state index >= 15 is 0 Å². The molecule has 0 radical (unpaired) electrons. The maximum Gasteiger partial charge on any atom is 0.343 e. The first-order valence-corrected chi connectivity index (χ1v) is 9.02. The highest BCUT2D eigenvalue weighted by Crippen LogP contribution is 2.42. The average molecular weight is 380 g/mol. The van der Waals surface area contributed by atoms with Gasteiger partial charge in [0, 0.05) is 41.9 Å². The topological polar surface area (TPSA) is 79.5 Å². The molecule has 0 unspecified atom stereocenters. The Labute approximate surface area is 161 Å². The normalized spacial score (nSPS) is 13.5. The van der Waals surface area contributed by atoms with Crippen molar-refractivity contribution in [3.8, 4) is 5.75 Å². The Kier molecular flexibility index (Phi) is 4.30. The van der Waals surface area contributed by atoms with Gasteiger partial charge in [0.15, 0.2) is 0 Å². The summed E-state index contributed by atoms with van der Waals surface area (Å²) in [5.74, 6) is -0.747. The maximum absolute atomic E-state index is 12.4. The van der Waals surface area contributed by atoms with Crippen molar-refractivity contribution in [3.63, 3.8) is 0 Å². The minimum Gasteiger partial charge on any atom is -0.465 e. The van der Waals surface area contributed by atoms with Gasteiger partial charge in [-0.15, -0.1) is 0 Å². The van der Waals surface area contributed by atoms with Gasteiger partial charge in [0.05, 0.1) is 18.2 Å². The predicted molar refractivity (Wildman–Crippen MR) is 103 cm³/mol. The van der Waals surface area contributed by atoms with E-state index in [0.717, 1.165) is 24.1 Å². The Morgan fingerprint density at radius 1 is 1.11 bits per heavy atom. The van der Waals surface area contributed by atoms with E-state index < -0.39 is 11.9 Å². The number of hydrogen-bond acceptors (Lipinski definition) is 5. The highest BCUT2D eigenvalue weighted by atomic mass is 16.5. The lowest BCUT2D eigenvalue weighted by Crippen LogP contribution is -2.18. The zero-order chi connectivity index (χ0) is 20.0. The lowest BCUT2D eigenvalue weighted by Gasteiger charge is -2.07. The van der Waals surface area contributed by atoms with Crippen molar-refractivity contribution in [2.24, 2.45) is 7.05 Å². The van der Waals surface area contributed by atoms with Crippen LogP contribution in [0.2, 0.25) is 0 Å². The fraction of sp³-hybridized carbons (Fsp3) is 0.286. The summed E-state index contributed by atoms with van der Waals surface area (Å²) >= 11 is 0. The van der Waals surface area contributed by atoms with Gasteiger partial charge in [-0.25, -0.2) is 9.59 Å². The van der Waals surface area contributed by atoms with E-state index in [1.165, 1.54) is 30.0 Å². The molecule has 1 aromatic carbocycles. The molecule has 2 aromatic heterocycles. The third kappa shape index (κ3) is 2.98. The van der Waals surface area contributed by atoms with Crippen molar-refractivity contribution in [2.75, 3.05) is 7.11 Å². The number of nitrogens with zero attached hydrogens (tertiary/aromatic N) is 2. The van der Waals surface area contributed by atoms with Crippen LogP contribution in [0.15, 0.2) is 41.3 Å². The van der Waals surface area contributed by atoms with Crippen LogP contribution in [0.5, 0.6) is 5.75 Å². The van der Waals surface area contributed by atoms with Gasteiger partial charge in [-0.05, 0) is 44.0 Å². The van der Waals surface area contributed by atoms with Crippen LogP contribution in [0.4, 0.5) is 0 Å². The van der Waals surface area contributed by atoms with Crippen molar-refractivity contribution in [2.45, 2.75) is 25.8 Å². The number of fused-ring (bicyclic) bond motifs is 1. The van der Waals surface area contributed by atoms with Gasteiger partial charge in [0.1, 0.15) is 5.75 Å². The molecule has 7 nitrogen and oxygen atoms in total. The van der Waals surface area contributed by atoms with E-state index in [1.54, 1.807) is 19.2 Å². The van der Waals surface area contributed by atoms with Crippen LogP contribution in [-0.4, -0.2) is 28.2 Å². The SMILES string of the molecule is COC(=O)c1c(C)n(C2CC2)c2ccc(OC(=O)c3ccn(C)c(=O)c3)cc12. The molecule has 1 saturated carbocycles. The Balaban J connectivity index is 1.74. The number of benzene rings is 1. The van der Waals surface area contributed by atoms with Crippen LogP contribution in [0.1, 0.15) is 45.3 Å². The summed E-state index contributed by atoms with van der Waals surface area (Å²) in [5.41, 5.74) is 2.11. The summed E-state index contributed by atoms with van der Waals surface area (Å²) < 4.78 is 13.9. The molecule has 0 amide bonds. The van der Waals surface area contributed by atoms with E-state index in [1.807, 2.05) is 13.0 Å².